The van der Waals surface area contributed by atoms with Crippen molar-refractivity contribution in [2.75, 3.05) is 35.8 Å². The molecule has 0 unspecified atom stereocenters. The van der Waals surface area contributed by atoms with Crippen molar-refractivity contribution in [2.45, 2.75) is 54.0 Å². The zero-order valence-corrected chi connectivity index (χ0v) is 22.5. The lowest BCUT2D eigenvalue weighted by Gasteiger charge is -2.23. The van der Waals surface area contributed by atoms with Gasteiger partial charge in [0.15, 0.2) is 0 Å². The highest BCUT2D eigenvalue weighted by molar-refractivity contribution is 6.00. The average Bonchev–Trinajstić information content (AvgIpc) is 3.17. The number of amides is 3. The molecule has 0 bridgehead atoms. The molecule has 2 N–H and O–H groups in total. The molecule has 0 spiro atoms. The molecule has 0 aliphatic heterocycles. The Morgan fingerprint density at radius 2 is 1.92 bits per heavy atom. The summed E-state index contributed by atoms with van der Waals surface area (Å²) in [4.78, 5) is 31.9. The van der Waals surface area contributed by atoms with Gasteiger partial charge in [0.25, 0.3) is 0 Å². The number of carbonyl (C=O) groups excluding carboxylic acids is 2. The molecular formula is C28H36N6O3. The number of urea groups is 1. The number of hydrogen-bond donors (Lipinski definition) is 2. The van der Waals surface area contributed by atoms with Crippen LogP contribution in [0.25, 0.3) is 11.0 Å². The van der Waals surface area contributed by atoms with Crippen molar-refractivity contribution in [3.8, 4) is 6.07 Å². The summed E-state index contributed by atoms with van der Waals surface area (Å²) < 4.78 is 7.42. The minimum Gasteiger partial charge on any atom is -0.382 e. The van der Waals surface area contributed by atoms with Crippen molar-refractivity contribution in [1.29, 1.82) is 5.26 Å². The Bertz CT molecular complexity index is 1320. The van der Waals surface area contributed by atoms with Gasteiger partial charge in [-0.1, -0.05) is 26.8 Å². The molecule has 1 aromatic heterocycles. The number of aromatic nitrogens is 2. The molecule has 0 aliphatic rings. The van der Waals surface area contributed by atoms with Crippen LogP contribution in [-0.2, 0) is 16.1 Å². The van der Waals surface area contributed by atoms with Crippen molar-refractivity contribution >= 4 is 40.3 Å². The molecule has 3 aromatic rings. The lowest BCUT2D eigenvalue weighted by atomic mass is 9.91. The Labute approximate surface area is 218 Å². The summed E-state index contributed by atoms with van der Waals surface area (Å²) in [5.74, 6) is 0.410. The first-order chi connectivity index (χ1) is 17.5. The highest BCUT2D eigenvalue weighted by Crippen LogP contribution is 2.27. The van der Waals surface area contributed by atoms with Crippen LogP contribution in [0.5, 0.6) is 0 Å². The molecule has 2 aromatic carbocycles. The molecule has 0 atom stereocenters. The van der Waals surface area contributed by atoms with Gasteiger partial charge in [-0.3, -0.25) is 10.1 Å². The fourth-order valence-corrected chi connectivity index (χ4v) is 3.92. The van der Waals surface area contributed by atoms with E-state index < -0.39 is 6.03 Å². The van der Waals surface area contributed by atoms with Gasteiger partial charge in [0.1, 0.15) is 0 Å². The topological polar surface area (TPSA) is 112 Å². The van der Waals surface area contributed by atoms with Crippen molar-refractivity contribution in [1.82, 2.24) is 9.55 Å². The summed E-state index contributed by atoms with van der Waals surface area (Å²) in [7, 11) is 1.76. The van der Waals surface area contributed by atoms with Crippen LogP contribution < -0.4 is 15.5 Å². The van der Waals surface area contributed by atoms with E-state index in [1.165, 1.54) is 0 Å². The van der Waals surface area contributed by atoms with E-state index in [0.717, 1.165) is 23.2 Å². The molecule has 3 rings (SSSR count). The van der Waals surface area contributed by atoms with Crippen LogP contribution in [0.15, 0.2) is 36.4 Å². The first-order valence-corrected chi connectivity index (χ1v) is 12.5. The predicted octanol–water partition coefficient (Wildman–Crippen LogP) is 5.69. The standard InChI is InChI=1S/C28H36N6O3/c1-7-37-14-8-13-34-24-12-11-22(33(6)25(35)17-28(3,4)5)16-23(24)31-26(34)32-27(36)30-21-10-9-19(2)20(15-21)18-29/h9-12,15-16H,7-8,13-14,17H2,1-6H3,(H2,30,31,32,36). The van der Waals surface area contributed by atoms with Gasteiger partial charge in [-0.2, -0.15) is 5.26 Å². The lowest BCUT2D eigenvalue weighted by molar-refractivity contribution is -0.120. The SMILES string of the molecule is CCOCCCn1c(NC(=O)Nc2ccc(C)c(C#N)c2)nc2cc(N(C)C(=O)CC(C)(C)C)ccc21. The van der Waals surface area contributed by atoms with Gasteiger partial charge in [-0.05, 0) is 61.6 Å². The molecule has 9 heteroatoms. The van der Waals surface area contributed by atoms with E-state index in [2.05, 4.69) is 21.7 Å². The Kier molecular flexibility index (Phi) is 8.90. The van der Waals surface area contributed by atoms with Crippen molar-refractivity contribution < 1.29 is 14.3 Å². The van der Waals surface area contributed by atoms with Crippen molar-refractivity contribution in [3.05, 3.63) is 47.5 Å². The number of hydrogen-bond acceptors (Lipinski definition) is 5. The van der Waals surface area contributed by atoms with Crippen LogP contribution in [0.2, 0.25) is 0 Å². The lowest BCUT2D eigenvalue weighted by Crippen LogP contribution is -2.29. The van der Waals surface area contributed by atoms with Gasteiger partial charge in [0, 0.05) is 44.6 Å². The number of nitrogens with zero attached hydrogens (tertiary/aromatic N) is 4. The van der Waals surface area contributed by atoms with Crippen LogP contribution >= 0.6 is 0 Å². The van der Waals surface area contributed by atoms with E-state index in [0.29, 0.717) is 48.9 Å². The summed E-state index contributed by atoms with van der Waals surface area (Å²) in [6.45, 7) is 11.7. The zero-order valence-electron chi connectivity index (χ0n) is 22.5. The number of fused-ring (bicyclic) bond motifs is 1. The molecule has 0 fully saturated rings. The number of aryl methyl sites for hydroxylation is 2. The third-order valence-corrected chi connectivity index (χ3v) is 5.89. The second-order valence-electron chi connectivity index (χ2n) is 10.2. The van der Waals surface area contributed by atoms with Crippen molar-refractivity contribution in [3.63, 3.8) is 0 Å². The smallest absolute Gasteiger partial charge is 0.326 e. The third-order valence-electron chi connectivity index (χ3n) is 5.89. The number of carbonyl (C=O) groups is 2. The van der Waals surface area contributed by atoms with Gasteiger partial charge in [-0.15, -0.1) is 0 Å². The second kappa shape index (κ2) is 11.9. The molecule has 1 heterocycles. The molecule has 3 amide bonds. The number of ether oxygens (including phenoxy) is 1. The molecule has 0 saturated heterocycles. The molecule has 0 aliphatic carbocycles. The van der Waals surface area contributed by atoms with Gasteiger partial charge in [0.05, 0.1) is 22.7 Å². The summed E-state index contributed by atoms with van der Waals surface area (Å²) in [6, 6.07) is 12.5. The van der Waals surface area contributed by atoms with E-state index >= 15 is 0 Å². The number of rotatable bonds is 9. The maximum Gasteiger partial charge on any atom is 0.326 e. The van der Waals surface area contributed by atoms with Crippen LogP contribution in [-0.4, -0.2) is 41.8 Å². The minimum atomic E-state index is -0.466. The van der Waals surface area contributed by atoms with Gasteiger partial charge < -0.3 is 19.5 Å². The third kappa shape index (κ3) is 7.30. The first-order valence-electron chi connectivity index (χ1n) is 12.5. The van der Waals surface area contributed by atoms with Crippen LogP contribution in [0.1, 0.15) is 51.7 Å². The van der Waals surface area contributed by atoms with Crippen LogP contribution in [0, 0.1) is 23.7 Å². The van der Waals surface area contributed by atoms with E-state index in [1.54, 1.807) is 30.1 Å². The Morgan fingerprint density at radius 1 is 1.16 bits per heavy atom. The van der Waals surface area contributed by atoms with Gasteiger partial charge in [-0.25, -0.2) is 9.78 Å². The number of nitrogens with one attached hydrogen (secondary N) is 2. The maximum atomic E-state index is 12.8. The Hall–Kier alpha value is -3.90. The number of benzene rings is 2. The quantitative estimate of drug-likeness (QED) is 0.364. The largest absolute Gasteiger partial charge is 0.382 e. The normalized spacial score (nSPS) is 11.3. The van der Waals surface area contributed by atoms with Crippen LogP contribution in [0.4, 0.5) is 22.1 Å². The molecule has 196 valence electrons. The molecule has 9 nitrogen and oxygen atoms in total. The molecular weight excluding hydrogens is 468 g/mol. The highest BCUT2D eigenvalue weighted by Gasteiger charge is 2.21. The first kappa shape index (κ1) is 27.7. The molecule has 37 heavy (non-hydrogen) atoms. The Morgan fingerprint density at radius 3 is 2.59 bits per heavy atom. The molecule has 0 radical (unpaired) electrons. The average molecular weight is 505 g/mol. The fraction of sp³-hybridized carbons (Fsp3) is 0.429. The number of anilines is 3. The van der Waals surface area contributed by atoms with E-state index in [1.807, 2.05) is 57.4 Å². The summed E-state index contributed by atoms with van der Waals surface area (Å²) in [5, 5.41) is 14.9. The molecule has 0 saturated carbocycles. The van der Waals surface area contributed by atoms with Crippen molar-refractivity contribution in [2.24, 2.45) is 5.41 Å². The van der Waals surface area contributed by atoms with Gasteiger partial charge in [0.2, 0.25) is 11.9 Å². The van der Waals surface area contributed by atoms with Crippen LogP contribution in [0.3, 0.4) is 0 Å². The minimum absolute atomic E-state index is 0.0237. The number of imidazole rings is 1. The van der Waals surface area contributed by atoms with E-state index in [9.17, 15) is 14.9 Å². The summed E-state index contributed by atoms with van der Waals surface area (Å²) in [6.07, 6.45) is 1.16. The predicted molar refractivity (Wildman–Crippen MR) is 147 cm³/mol. The zero-order chi connectivity index (χ0) is 27.2. The fourth-order valence-electron chi connectivity index (χ4n) is 3.92. The van der Waals surface area contributed by atoms with Gasteiger partial charge >= 0.3 is 6.03 Å². The second-order valence-corrected chi connectivity index (χ2v) is 10.2. The highest BCUT2D eigenvalue weighted by atomic mass is 16.5. The summed E-state index contributed by atoms with van der Waals surface area (Å²) >= 11 is 0. The van der Waals surface area contributed by atoms with E-state index in [4.69, 9.17) is 4.74 Å². The van der Waals surface area contributed by atoms with E-state index in [-0.39, 0.29) is 11.3 Å². The monoisotopic (exact) mass is 504 g/mol. The maximum absolute atomic E-state index is 12.8. The number of nitriles is 1. The summed E-state index contributed by atoms with van der Waals surface area (Å²) in [5.41, 5.74) is 3.98. The Balaban J connectivity index is 1.87.